The van der Waals surface area contributed by atoms with Gasteiger partial charge in [-0.2, -0.15) is 5.06 Å². The van der Waals surface area contributed by atoms with Crippen molar-refractivity contribution in [3.05, 3.63) is 77.0 Å². The molecule has 0 amide bonds. The van der Waals surface area contributed by atoms with Crippen LogP contribution in [0.1, 0.15) is 42.2 Å². The minimum Gasteiger partial charge on any atom is -0.476 e. The number of ketones is 1. The molecule has 3 heterocycles. The van der Waals surface area contributed by atoms with Crippen molar-refractivity contribution in [1.82, 2.24) is 20.2 Å². The van der Waals surface area contributed by atoms with Crippen LogP contribution in [-0.2, 0) is 16.1 Å². The van der Waals surface area contributed by atoms with Crippen LogP contribution in [0, 0.1) is 30.4 Å². The van der Waals surface area contributed by atoms with E-state index in [0.717, 1.165) is 54.4 Å². The summed E-state index contributed by atoms with van der Waals surface area (Å²) in [6, 6.07) is 12.8. The summed E-state index contributed by atoms with van der Waals surface area (Å²) in [5, 5.41) is 9.15. The molecule has 11 heteroatoms. The van der Waals surface area contributed by atoms with E-state index in [-0.39, 0.29) is 30.7 Å². The van der Waals surface area contributed by atoms with Crippen LogP contribution in [0.3, 0.4) is 0 Å². The van der Waals surface area contributed by atoms with Crippen LogP contribution in [0.15, 0.2) is 48.5 Å². The Labute approximate surface area is 236 Å². The quantitative estimate of drug-likeness (QED) is 0.317. The molecule has 7 nitrogen and oxygen atoms in total. The molecule has 2 atom stereocenters. The SMILES string of the molecule is Cc1c(OCC2CCNCC2)nn(-c2ccccc2)c1CC(=O)C[C@@H]1CN(CC(F)F)O[C@H]1c1ccc(F)c(F)c1. The van der Waals surface area contributed by atoms with E-state index < -0.39 is 36.6 Å². The van der Waals surface area contributed by atoms with Crippen LogP contribution in [-0.4, -0.2) is 59.8 Å². The van der Waals surface area contributed by atoms with Gasteiger partial charge in [-0.25, -0.2) is 22.2 Å². The molecule has 0 aliphatic carbocycles. The van der Waals surface area contributed by atoms with Crippen molar-refractivity contribution >= 4 is 5.78 Å². The average molecular weight is 575 g/mol. The van der Waals surface area contributed by atoms with Gasteiger partial charge in [-0.15, -0.1) is 5.10 Å². The van der Waals surface area contributed by atoms with Crippen LogP contribution in [0.2, 0.25) is 0 Å². The van der Waals surface area contributed by atoms with E-state index in [1.165, 1.54) is 6.07 Å². The lowest BCUT2D eigenvalue weighted by atomic mass is 9.90. The first-order valence-electron chi connectivity index (χ1n) is 13.9. The van der Waals surface area contributed by atoms with E-state index in [1.807, 2.05) is 37.3 Å². The Morgan fingerprint density at radius 2 is 1.88 bits per heavy atom. The number of hydrogen-bond donors (Lipinski definition) is 1. The summed E-state index contributed by atoms with van der Waals surface area (Å²) in [4.78, 5) is 19.2. The minimum absolute atomic E-state index is 0.00588. The van der Waals surface area contributed by atoms with E-state index in [2.05, 4.69) is 5.32 Å². The fourth-order valence-electron chi connectivity index (χ4n) is 5.54. The first-order chi connectivity index (χ1) is 19.8. The highest BCUT2D eigenvalue weighted by Crippen LogP contribution is 2.37. The number of nitrogens with zero attached hydrogens (tertiary/aromatic N) is 3. The summed E-state index contributed by atoms with van der Waals surface area (Å²) in [5.74, 6) is -1.88. The van der Waals surface area contributed by atoms with Crippen LogP contribution in [0.25, 0.3) is 5.69 Å². The Morgan fingerprint density at radius 1 is 1.12 bits per heavy atom. The number of hydrogen-bond acceptors (Lipinski definition) is 6. The summed E-state index contributed by atoms with van der Waals surface area (Å²) in [5.41, 5.74) is 2.50. The third kappa shape index (κ3) is 7.14. The number of piperidine rings is 1. The lowest BCUT2D eigenvalue weighted by molar-refractivity contribution is -0.167. The average Bonchev–Trinajstić information content (AvgIpc) is 3.49. The third-order valence-electron chi connectivity index (χ3n) is 7.71. The number of para-hydroxylation sites is 1. The maximum absolute atomic E-state index is 14.0. The number of carbonyl (C=O) groups is 1. The zero-order valence-corrected chi connectivity index (χ0v) is 22.9. The largest absolute Gasteiger partial charge is 0.476 e. The number of nitrogens with one attached hydrogen (secondary N) is 1. The van der Waals surface area contributed by atoms with Crippen molar-refractivity contribution < 1.29 is 31.9 Å². The second kappa shape index (κ2) is 13.1. The van der Waals surface area contributed by atoms with Crippen LogP contribution in [0.5, 0.6) is 5.88 Å². The molecule has 1 aromatic heterocycles. The first kappa shape index (κ1) is 29.2. The Morgan fingerprint density at radius 3 is 2.59 bits per heavy atom. The van der Waals surface area contributed by atoms with Gasteiger partial charge >= 0.3 is 0 Å². The van der Waals surface area contributed by atoms with Gasteiger partial charge in [0.15, 0.2) is 11.6 Å². The number of rotatable bonds is 11. The van der Waals surface area contributed by atoms with Gasteiger partial charge in [-0.05, 0) is 68.6 Å². The van der Waals surface area contributed by atoms with E-state index >= 15 is 0 Å². The van der Waals surface area contributed by atoms with Gasteiger partial charge in [-0.1, -0.05) is 24.3 Å². The Bertz CT molecular complexity index is 1330. The Kier molecular flexibility index (Phi) is 9.36. The molecule has 5 rings (SSSR count). The molecule has 2 aromatic carbocycles. The van der Waals surface area contributed by atoms with E-state index in [4.69, 9.17) is 14.7 Å². The number of alkyl halides is 2. The van der Waals surface area contributed by atoms with Crippen molar-refractivity contribution in [2.45, 2.75) is 45.1 Å². The van der Waals surface area contributed by atoms with E-state index in [0.29, 0.717) is 24.1 Å². The topological polar surface area (TPSA) is 68.6 Å². The summed E-state index contributed by atoms with van der Waals surface area (Å²) in [6.07, 6.45) is -1.45. The highest BCUT2D eigenvalue weighted by atomic mass is 19.3. The molecule has 0 unspecified atom stereocenters. The van der Waals surface area contributed by atoms with E-state index in [9.17, 15) is 22.4 Å². The lowest BCUT2D eigenvalue weighted by Crippen LogP contribution is -2.30. The summed E-state index contributed by atoms with van der Waals surface area (Å²) >= 11 is 0. The Hall–Kier alpha value is -3.28. The predicted molar refractivity (Wildman–Crippen MR) is 144 cm³/mol. The third-order valence-corrected chi connectivity index (χ3v) is 7.71. The summed E-state index contributed by atoms with van der Waals surface area (Å²) in [6.45, 7) is 3.73. The monoisotopic (exact) mass is 574 g/mol. The van der Waals surface area contributed by atoms with Crippen molar-refractivity contribution in [3.8, 4) is 11.6 Å². The number of carbonyl (C=O) groups excluding carboxylic acids is 1. The van der Waals surface area contributed by atoms with Gasteiger partial charge in [-0.3, -0.25) is 9.63 Å². The number of aromatic nitrogens is 2. The maximum Gasteiger partial charge on any atom is 0.253 e. The molecule has 0 radical (unpaired) electrons. The fraction of sp³-hybridized carbons (Fsp3) is 0.467. The summed E-state index contributed by atoms with van der Waals surface area (Å²) < 4.78 is 61.7. The molecule has 0 bridgehead atoms. The Balaban J connectivity index is 1.35. The highest BCUT2D eigenvalue weighted by molar-refractivity contribution is 5.81. The second-order valence-electron chi connectivity index (χ2n) is 10.7. The normalized spacial score (nSPS) is 20.1. The number of halogens is 4. The molecule has 2 aliphatic heterocycles. The number of benzene rings is 2. The molecule has 2 fully saturated rings. The molecular weight excluding hydrogens is 540 g/mol. The number of ether oxygens (including phenoxy) is 1. The summed E-state index contributed by atoms with van der Waals surface area (Å²) in [7, 11) is 0. The van der Waals surface area contributed by atoms with Gasteiger partial charge in [0, 0.05) is 30.9 Å². The van der Waals surface area contributed by atoms with Gasteiger partial charge in [0.25, 0.3) is 6.43 Å². The van der Waals surface area contributed by atoms with Gasteiger partial charge in [0.2, 0.25) is 5.88 Å². The molecule has 3 aromatic rings. The zero-order chi connectivity index (χ0) is 28.9. The van der Waals surface area contributed by atoms with Gasteiger partial charge < -0.3 is 10.1 Å². The van der Waals surface area contributed by atoms with Crippen molar-refractivity contribution in [2.75, 3.05) is 32.8 Å². The maximum atomic E-state index is 14.0. The van der Waals surface area contributed by atoms with Crippen molar-refractivity contribution in [1.29, 1.82) is 0 Å². The van der Waals surface area contributed by atoms with Crippen LogP contribution >= 0.6 is 0 Å². The molecule has 220 valence electrons. The lowest BCUT2D eigenvalue weighted by Gasteiger charge is -2.22. The van der Waals surface area contributed by atoms with Crippen LogP contribution in [0.4, 0.5) is 17.6 Å². The molecule has 0 saturated carbocycles. The predicted octanol–water partition coefficient (Wildman–Crippen LogP) is 5.21. The fourth-order valence-corrected chi connectivity index (χ4v) is 5.54. The standard InChI is InChI=1S/C30H34F4N4O3/c1-19-27(38(23-5-3-2-4-6-23)36-30(19)40-18-20-9-11-35-12-10-20)15-24(39)13-22-16-37(17-28(33)34)41-29(22)21-7-8-25(31)26(32)14-21/h2-8,14,20,22,28-29,35H,9-13,15-18H2,1H3/t22-,29+/m1/s1. The number of Topliss-reactive ketones (excluding diaryl/α,β-unsaturated/α-hetero) is 1. The highest BCUT2D eigenvalue weighted by Gasteiger charge is 2.38. The first-order valence-corrected chi connectivity index (χ1v) is 13.9. The van der Waals surface area contributed by atoms with Crippen LogP contribution < -0.4 is 10.1 Å². The molecule has 2 aliphatic rings. The smallest absolute Gasteiger partial charge is 0.253 e. The molecule has 1 N–H and O–H groups in total. The van der Waals surface area contributed by atoms with Gasteiger partial charge in [0.05, 0.1) is 24.5 Å². The van der Waals surface area contributed by atoms with Gasteiger partial charge in [0.1, 0.15) is 11.9 Å². The number of hydroxylamine groups is 2. The zero-order valence-electron chi connectivity index (χ0n) is 22.9. The van der Waals surface area contributed by atoms with E-state index in [1.54, 1.807) is 4.68 Å². The molecule has 41 heavy (non-hydrogen) atoms. The van der Waals surface area contributed by atoms with Crippen molar-refractivity contribution in [3.63, 3.8) is 0 Å². The van der Waals surface area contributed by atoms with Crippen molar-refractivity contribution in [2.24, 2.45) is 11.8 Å². The molecule has 2 saturated heterocycles. The second-order valence-corrected chi connectivity index (χ2v) is 10.7. The molecular formula is C30H34F4N4O3. The molecule has 0 spiro atoms. The minimum atomic E-state index is -2.65.